The third-order valence-electron chi connectivity index (χ3n) is 3.69. The molecule has 0 saturated heterocycles. The molecule has 1 N–H and O–H groups in total. The summed E-state index contributed by atoms with van der Waals surface area (Å²) < 4.78 is 0. The van der Waals surface area contributed by atoms with Crippen molar-refractivity contribution in [3.05, 3.63) is 12.7 Å². The molecule has 0 aliphatic heterocycles. The predicted molar refractivity (Wildman–Crippen MR) is 66.4 cm³/mol. The summed E-state index contributed by atoms with van der Waals surface area (Å²) in [5.41, 5.74) is 0. The highest BCUT2D eigenvalue weighted by molar-refractivity contribution is 5.70. The summed E-state index contributed by atoms with van der Waals surface area (Å²) in [6.07, 6.45) is 12.2. The highest BCUT2D eigenvalue weighted by atomic mass is 16.4. The van der Waals surface area contributed by atoms with Gasteiger partial charge in [-0.15, -0.1) is 6.58 Å². The highest BCUT2D eigenvalue weighted by Gasteiger charge is 2.25. The zero-order chi connectivity index (χ0) is 11.8. The van der Waals surface area contributed by atoms with Crippen LogP contribution < -0.4 is 0 Å². The number of hydrogen-bond donors (Lipinski definition) is 1. The number of carbonyl (C=O) groups is 1. The van der Waals surface area contributed by atoms with Crippen LogP contribution in [0.3, 0.4) is 0 Å². The van der Waals surface area contributed by atoms with Gasteiger partial charge in [0.05, 0.1) is 5.92 Å². The Morgan fingerprint density at radius 3 is 2.00 bits per heavy atom. The van der Waals surface area contributed by atoms with E-state index >= 15 is 0 Å². The Morgan fingerprint density at radius 1 is 1.00 bits per heavy atom. The summed E-state index contributed by atoms with van der Waals surface area (Å²) in [5, 5.41) is 9.24. The number of carboxylic acids is 1. The van der Waals surface area contributed by atoms with E-state index < -0.39 is 5.97 Å². The van der Waals surface area contributed by atoms with Gasteiger partial charge in [-0.3, -0.25) is 4.79 Å². The molecular formula is C14H24O2. The van der Waals surface area contributed by atoms with E-state index in [4.69, 9.17) is 0 Å². The van der Waals surface area contributed by atoms with Crippen molar-refractivity contribution < 1.29 is 9.90 Å². The number of aliphatic carboxylic acids is 1. The second-order valence-corrected chi connectivity index (χ2v) is 4.90. The van der Waals surface area contributed by atoms with Gasteiger partial charge in [0, 0.05) is 0 Å². The number of rotatable bonds is 2. The third-order valence-corrected chi connectivity index (χ3v) is 3.69. The van der Waals surface area contributed by atoms with Crippen LogP contribution >= 0.6 is 0 Å². The van der Waals surface area contributed by atoms with Crippen molar-refractivity contribution in [3.63, 3.8) is 0 Å². The fourth-order valence-corrected chi connectivity index (χ4v) is 2.63. The van der Waals surface area contributed by atoms with E-state index in [1.54, 1.807) is 0 Å². The number of carboxylic acid groups (broad SMARTS) is 1. The summed E-state index contributed by atoms with van der Waals surface area (Å²) in [6, 6.07) is 0. The molecule has 0 aromatic heterocycles. The van der Waals surface area contributed by atoms with Crippen molar-refractivity contribution in [3.8, 4) is 0 Å². The summed E-state index contributed by atoms with van der Waals surface area (Å²) in [6.45, 7) is 3.80. The maximum absolute atomic E-state index is 11.2. The maximum Gasteiger partial charge on any atom is 0.307 e. The van der Waals surface area contributed by atoms with Crippen molar-refractivity contribution in [2.24, 2.45) is 11.8 Å². The topological polar surface area (TPSA) is 37.3 Å². The second kappa shape index (κ2) is 7.48. The number of hydrogen-bond acceptors (Lipinski definition) is 1. The number of allylic oxidation sites excluding steroid dienone is 1. The van der Waals surface area contributed by atoms with Gasteiger partial charge in [0.1, 0.15) is 0 Å². The molecule has 92 valence electrons. The summed E-state index contributed by atoms with van der Waals surface area (Å²) in [5.74, 6) is -0.657. The molecule has 1 rings (SSSR count). The monoisotopic (exact) mass is 224 g/mol. The van der Waals surface area contributed by atoms with E-state index in [2.05, 4.69) is 6.58 Å². The maximum atomic E-state index is 11.2. The molecule has 1 aliphatic rings. The average molecular weight is 224 g/mol. The summed E-state index contributed by atoms with van der Waals surface area (Å²) >= 11 is 0. The Balaban J connectivity index is 2.58. The Bertz CT molecular complexity index is 223. The Morgan fingerprint density at radius 2 is 1.50 bits per heavy atom. The van der Waals surface area contributed by atoms with Gasteiger partial charge in [-0.05, 0) is 18.8 Å². The van der Waals surface area contributed by atoms with E-state index in [1.165, 1.54) is 32.1 Å². The van der Waals surface area contributed by atoms with Gasteiger partial charge >= 0.3 is 5.97 Å². The standard InChI is InChI=1S/C14H24O2/c1-2-12-10-8-6-4-3-5-7-9-11-13(12)14(15)16/h2,12-13H,1,3-11H2,(H,15,16)/t12?,13-/m1/s1. The first-order valence-corrected chi connectivity index (χ1v) is 6.61. The first kappa shape index (κ1) is 13.3. The molecule has 0 amide bonds. The fourth-order valence-electron chi connectivity index (χ4n) is 2.63. The largest absolute Gasteiger partial charge is 0.481 e. The lowest BCUT2D eigenvalue weighted by Gasteiger charge is -2.20. The van der Waals surface area contributed by atoms with Gasteiger partial charge < -0.3 is 5.11 Å². The van der Waals surface area contributed by atoms with Crippen LogP contribution in [0.2, 0.25) is 0 Å². The molecule has 0 spiro atoms. The van der Waals surface area contributed by atoms with Gasteiger partial charge in [0.15, 0.2) is 0 Å². The van der Waals surface area contributed by atoms with E-state index in [0.717, 1.165) is 25.7 Å². The molecule has 0 bridgehead atoms. The van der Waals surface area contributed by atoms with E-state index in [0.29, 0.717) is 0 Å². The van der Waals surface area contributed by atoms with Crippen LogP contribution in [0.15, 0.2) is 12.7 Å². The Hall–Kier alpha value is -0.790. The Kier molecular flexibility index (Phi) is 6.20. The van der Waals surface area contributed by atoms with Gasteiger partial charge in [0.25, 0.3) is 0 Å². The molecule has 1 aliphatic carbocycles. The molecule has 0 aromatic rings. The molecule has 2 nitrogen and oxygen atoms in total. The lowest BCUT2D eigenvalue weighted by atomic mass is 9.84. The fraction of sp³-hybridized carbons (Fsp3) is 0.786. The van der Waals surface area contributed by atoms with Crippen molar-refractivity contribution >= 4 is 5.97 Å². The molecule has 0 radical (unpaired) electrons. The first-order valence-electron chi connectivity index (χ1n) is 6.61. The van der Waals surface area contributed by atoms with E-state index in [-0.39, 0.29) is 11.8 Å². The zero-order valence-corrected chi connectivity index (χ0v) is 10.2. The van der Waals surface area contributed by atoms with Gasteiger partial charge in [0.2, 0.25) is 0 Å². The molecule has 1 fully saturated rings. The quantitative estimate of drug-likeness (QED) is 0.719. The first-order chi connectivity index (χ1) is 7.75. The predicted octanol–water partition coefficient (Wildman–Crippen LogP) is 4.01. The smallest absolute Gasteiger partial charge is 0.307 e. The minimum absolute atomic E-state index is 0.176. The molecule has 2 atom stereocenters. The zero-order valence-electron chi connectivity index (χ0n) is 10.2. The normalized spacial score (nSPS) is 29.0. The molecule has 1 unspecified atom stereocenters. The second-order valence-electron chi connectivity index (χ2n) is 4.90. The van der Waals surface area contributed by atoms with E-state index in [9.17, 15) is 9.90 Å². The van der Waals surface area contributed by atoms with Gasteiger partial charge in [-0.2, -0.15) is 0 Å². The SMILES string of the molecule is C=CC1CCCCCCCCC[C@H]1C(=O)O. The van der Waals surface area contributed by atoms with Crippen LogP contribution in [0.25, 0.3) is 0 Å². The Labute approximate surface area is 98.7 Å². The molecule has 0 aromatic carbocycles. The van der Waals surface area contributed by atoms with Crippen LogP contribution in [0.5, 0.6) is 0 Å². The molecule has 2 heteroatoms. The van der Waals surface area contributed by atoms with Gasteiger partial charge in [-0.1, -0.05) is 51.0 Å². The average Bonchev–Trinajstić information content (AvgIpc) is 2.31. The summed E-state index contributed by atoms with van der Waals surface area (Å²) in [4.78, 5) is 11.2. The van der Waals surface area contributed by atoms with Crippen LogP contribution in [0, 0.1) is 11.8 Å². The van der Waals surface area contributed by atoms with E-state index in [1.807, 2.05) is 6.08 Å². The van der Waals surface area contributed by atoms with Gasteiger partial charge in [-0.25, -0.2) is 0 Å². The highest BCUT2D eigenvalue weighted by Crippen LogP contribution is 2.27. The van der Waals surface area contributed by atoms with Crippen molar-refractivity contribution in [2.45, 2.75) is 57.8 Å². The van der Waals surface area contributed by atoms with Crippen LogP contribution in [-0.2, 0) is 4.79 Å². The lowest BCUT2D eigenvalue weighted by molar-refractivity contribution is -0.143. The minimum Gasteiger partial charge on any atom is -0.481 e. The third kappa shape index (κ3) is 4.38. The minimum atomic E-state index is -0.635. The molecular weight excluding hydrogens is 200 g/mol. The molecule has 1 saturated carbocycles. The van der Waals surface area contributed by atoms with Crippen LogP contribution in [0.4, 0.5) is 0 Å². The van der Waals surface area contributed by atoms with Crippen LogP contribution in [0.1, 0.15) is 57.8 Å². The lowest BCUT2D eigenvalue weighted by Crippen LogP contribution is -2.22. The molecule has 16 heavy (non-hydrogen) atoms. The molecule has 0 heterocycles. The van der Waals surface area contributed by atoms with Crippen molar-refractivity contribution in [1.82, 2.24) is 0 Å². The van der Waals surface area contributed by atoms with Crippen molar-refractivity contribution in [2.75, 3.05) is 0 Å². The summed E-state index contributed by atoms with van der Waals surface area (Å²) in [7, 11) is 0. The van der Waals surface area contributed by atoms with Crippen LogP contribution in [-0.4, -0.2) is 11.1 Å². The van der Waals surface area contributed by atoms with Crippen molar-refractivity contribution in [1.29, 1.82) is 0 Å².